The van der Waals surface area contributed by atoms with Gasteiger partial charge in [-0.1, -0.05) is 35.0 Å². The molecule has 0 bridgehead atoms. The van der Waals surface area contributed by atoms with E-state index < -0.39 is 17.8 Å². The molecule has 1 atom stereocenters. The monoisotopic (exact) mass is 426 g/mol. The number of hydrogen-bond acceptors (Lipinski definition) is 9. The van der Waals surface area contributed by atoms with Crippen molar-refractivity contribution < 1.29 is 28.5 Å². The lowest BCUT2D eigenvalue weighted by atomic mass is 9.97. The van der Waals surface area contributed by atoms with E-state index in [4.69, 9.17) is 10.00 Å². The Hall–Kier alpha value is -3.35. The maximum absolute atomic E-state index is 11.9. The predicted octanol–water partition coefficient (Wildman–Crippen LogP) is 4.27. The molecule has 0 spiro atoms. The third-order valence-corrected chi connectivity index (χ3v) is 5.00. The standard InChI is InChI=1S/C21H18N2O6S/c1-3-27-20(24)19(10-22)23-29-21(25)28-11-18-14-6-4-12(2)8-16(14)17-9-13(30-26)5-7-15(17)18/h4-9,18,26H,3,11H2,1-2H3/b23-19+. The van der Waals surface area contributed by atoms with Gasteiger partial charge >= 0.3 is 12.1 Å². The molecule has 9 heteroatoms. The average Bonchev–Trinajstić information content (AvgIpc) is 3.04. The Morgan fingerprint density at radius 3 is 2.53 bits per heavy atom. The van der Waals surface area contributed by atoms with Crippen molar-refractivity contribution in [1.29, 1.82) is 5.26 Å². The van der Waals surface area contributed by atoms with Crippen LogP contribution in [0.4, 0.5) is 4.79 Å². The number of benzene rings is 2. The molecule has 0 heterocycles. The molecule has 1 N–H and O–H groups in total. The Kier molecular flexibility index (Phi) is 6.72. The summed E-state index contributed by atoms with van der Waals surface area (Å²) in [6.45, 7) is 3.59. The van der Waals surface area contributed by atoms with Gasteiger partial charge < -0.3 is 14.0 Å². The minimum absolute atomic E-state index is 0.0235. The Labute approximate surface area is 177 Å². The number of nitriles is 1. The SMILES string of the molecule is CCOC(=O)/C(C#N)=N/OC(=O)OCC1c2ccc(C)cc2-c2cc(SO)ccc21. The van der Waals surface area contributed by atoms with E-state index in [2.05, 4.69) is 14.7 Å². The van der Waals surface area contributed by atoms with Crippen molar-refractivity contribution in [2.45, 2.75) is 24.7 Å². The molecule has 2 aromatic carbocycles. The summed E-state index contributed by atoms with van der Waals surface area (Å²) in [5.41, 5.74) is 4.30. The van der Waals surface area contributed by atoms with E-state index in [-0.39, 0.29) is 19.1 Å². The predicted molar refractivity (Wildman–Crippen MR) is 109 cm³/mol. The molecule has 0 aliphatic heterocycles. The Morgan fingerprint density at radius 2 is 1.87 bits per heavy atom. The van der Waals surface area contributed by atoms with Gasteiger partial charge in [0.05, 0.1) is 6.61 Å². The summed E-state index contributed by atoms with van der Waals surface area (Å²) in [6, 6.07) is 13.1. The van der Waals surface area contributed by atoms with Crippen LogP contribution in [0.1, 0.15) is 29.5 Å². The van der Waals surface area contributed by atoms with Gasteiger partial charge in [0.15, 0.2) is 0 Å². The fourth-order valence-electron chi connectivity index (χ4n) is 3.25. The van der Waals surface area contributed by atoms with E-state index in [1.54, 1.807) is 13.0 Å². The van der Waals surface area contributed by atoms with Crippen LogP contribution in [0.5, 0.6) is 0 Å². The third-order valence-electron chi connectivity index (χ3n) is 4.53. The molecule has 0 saturated carbocycles. The van der Waals surface area contributed by atoms with Crippen LogP contribution in [0.2, 0.25) is 0 Å². The van der Waals surface area contributed by atoms with E-state index in [1.165, 1.54) is 6.07 Å². The zero-order valence-corrected chi connectivity index (χ0v) is 17.1. The highest BCUT2D eigenvalue weighted by Crippen LogP contribution is 2.46. The van der Waals surface area contributed by atoms with E-state index in [9.17, 15) is 14.1 Å². The summed E-state index contributed by atoms with van der Waals surface area (Å²) >= 11 is 0.666. The van der Waals surface area contributed by atoms with Crippen LogP contribution in [0, 0.1) is 18.3 Å². The maximum atomic E-state index is 11.9. The van der Waals surface area contributed by atoms with Gasteiger partial charge in [-0.15, -0.1) is 0 Å². The number of nitrogens with zero attached hydrogens (tertiary/aromatic N) is 2. The lowest BCUT2D eigenvalue weighted by Gasteiger charge is -2.13. The largest absolute Gasteiger partial charge is 0.535 e. The second kappa shape index (κ2) is 9.43. The Morgan fingerprint density at radius 1 is 1.17 bits per heavy atom. The van der Waals surface area contributed by atoms with E-state index in [1.807, 2.05) is 37.3 Å². The van der Waals surface area contributed by atoms with Crippen LogP contribution in [-0.2, 0) is 19.1 Å². The summed E-state index contributed by atoms with van der Waals surface area (Å²) in [7, 11) is 0. The summed E-state index contributed by atoms with van der Waals surface area (Å²) in [5, 5.41) is 12.1. The minimum Gasteiger partial charge on any atom is -0.461 e. The van der Waals surface area contributed by atoms with Gasteiger partial charge in [0.25, 0.3) is 5.71 Å². The number of oxime groups is 1. The molecule has 8 nitrogen and oxygen atoms in total. The van der Waals surface area contributed by atoms with Gasteiger partial charge in [0.1, 0.15) is 12.7 Å². The zero-order chi connectivity index (χ0) is 21.7. The first-order chi connectivity index (χ1) is 14.5. The fraction of sp³-hybridized carbons (Fsp3) is 0.238. The molecule has 0 amide bonds. The highest BCUT2D eigenvalue weighted by Gasteiger charge is 2.30. The first-order valence-corrected chi connectivity index (χ1v) is 9.81. The van der Waals surface area contributed by atoms with Crippen molar-refractivity contribution in [3.05, 3.63) is 53.1 Å². The number of fused-ring (bicyclic) bond motifs is 3. The molecular weight excluding hydrogens is 408 g/mol. The second-order valence-electron chi connectivity index (χ2n) is 6.41. The molecule has 1 aliphatic rings. The summed E-state index contributed by atoms with van der Waals surface area (Å²) in [6.07, 6.45) is -1.14. The fourth-order valence-corrected chi connectivity index (χ4v) is 3.55. The first kappa shape index (κ1) is 21.4. The van der Waals surface area contributed by atoms with Crippen LogP contribution >= 0.6 is 12.0 Å². The van der Waals surface area contributed by atoms with Crippen LogP contribution in [0.25, 0.3) is 11.1 Å². The lowest BCUT2D eigenvalue weighted by molar-refractivity contribution is -0.135. The molecule has 2 aromatic rings. The first-order valence-electron chi connectivity index (χ1n) is 9.03. The van der Waals surface area contributed by atoms with Gasteiger partial charge in [-0.25, -0.2) is 9.59 Å². The van der Waals surface area contributed by atoms with Gasteiger partial charge in [0, 0.05) is 22.9 Å². The van der Waals surface area contributed by atoms with Gasteiger partial charge in [-0.3, -0.25) is 4.84 Å². The number of ether oxygens (including phenoxy) is 2. The van der Waals surface area contributed by atoms with Crippen molar-refractivity contribution in [3.8, 4) is 17.2 Å². The maximum Gasteiger partial charge on any atom is 0.535 e. The van der Waals surface area contributed by atoms with Crippen molar-refractivity contribution >= 4 is 29.9 Å². The number of carbonyl (C=O) groups is 2. The summed E-state index contributed by atoms with van der Waals surface area (Å²) in [5.74, 6) is -1.22. The normalized spacial score (nSPS) is 14.3. The molecule has 30 heavy (non-hydrogen) atoms. The summed E-state index contributed by atoms with van der Waals surface area (Å²) in [4.78, 5) is 28.6. The zero-order valence-electron chi connectivity index (χ0n) is 16.2. The van der Waals surface area contributed by atoms with Crippen molar-refractivity contribution in [1.82, 2.24) is 0 Å². The smallest absolute Gasteiger partial charge is 0.461 e. The highest BCUT2D eigenvalue weighted by molar-refractivity contribution is 7.93. The van der Waals surface area contributed by atoms with E-state index in [0.29, 0.717) is 16.9 Å². The molecular formula is C21H18N2O6S. The van der Waals surface area contributed by atoms with Gasteiger partial charge in [-0.05, 0) is 48.2 Å². The topological polar surface area (TPSA) is 118 Å². The van der Waals surface area contributed by atoms with Gasteiger partial charge in [-0.2, -0.15) is 5.26 Å². The van der Waals surface area contributed by atoms with Crippen LogP contribution in [0.3, 0.4) is 0 Å². The van der Waals surface area contributed by atoms with Crippen LogP contribution in [-0.4, -0.2) is 35.6 Å². The highest BCUT2D eigenvalue weighted by atomic mass is 32.2. The molecule has 0 saturated heterocycles. The number of aryl methyl sites for hydroxylation is 1. The van der Waals surface area contributed by atoms with E-state index >= 15 is 0 Å². The minimum atomic E-state index is -1.14. The molecule has 3 rings (SSSR count). The number of rotatable bonds is 6. The third kappa shape index (κ3) is 4.45. The summed E-state index contributed by atoms with van der Waals surface area (Å²) < 4.78 is 19.2. The van der Waals surface area contributed by atoms with Crippen LogP contribution < -0.4 is 0 Å². The molecule has 1 unspecified atom stereocenters. The molecule has 0 fully saturated rings. The Bertz CT molecular complexity index is 1060. The quantitative estimate of drug-likeness (QED) is 0.239. The molecule has 154 valence electrons. The number of esters is 1. The van der Waals surface area contributed by atoms with E-state index in [0.717, 1.165) is 27.8 Å². The van der Waals surface area contributed by atoms with Gasteiger partial charge in [0.2, 0.25) is 0 Å². The lowest BCUT2D eigenvalue weighted by Crippen LogP contribution is -2.18. The van der Waals surface area contributed by atoms with Crippen LogP contribution in [0.15, 0.2) is 46.4 Å². The molecule has 0 aromatic heterocycles. The molecule has 0 radical (unpaired) electrons. The van der Waals surface area contributed by atoms with Crippen molar-refractivity contribution in [2.75, 3.05) is 13.2 Å². The number of hydrogen-bond donors (Lipinski definition) is 1. The van der Waals surface area contributed by atoms with Crippen molar-refractivity contribution in [2.24, 2.45) is 5.16 Å². The number of carbonyl (C=O) groups excluding carboxylic acids is 2. The Balaban J connectivity index is 1.75. The average molecular weight is 426 g/mol. The van der Waals surface area contributed by atoms with Crippen molar-refractivity contribution in [3.63, 3.8) is 0 Å². The second-order valence-corrected chi connectivity index (χ2v) is 7.06. The molecule has 1 aliphatic carbocycles.